The van der Waals surface area contributed by atoms with Crippen molar-refractivity contribution in [1.82, 2.24) is 24.5 Å². The van der Waals surface area contributed by atoms with Gasteiger partial charge in [-0.25, -0.2) is 4.99 Å². The lowest BCUT2D eigenvalue weighted by Crippen LogP contribution is -2.49. The highest BCUT2D eigenvalue weighted by Gasteiger charge is 2.24. The molecular weight excluding hydrogens is 360 g/mol. The predicted molar refractivity (Wildman–Crippen MR) is 118 cm³/mol. The second kappa shape index (κ2) is 6.88. The summed E-state index contributed by atoms with van der Waals surface area (Å²) in [5.74, 6) is 1.01. The number of likely N-dealkylation sites (N-methyl/N-ethyl adjacent to an activating group) is 1. The number of hydrogen-bond acceptors (Lipinski definition) is 5. The molecule has 0 aliphatic carbocycles. The Morgan fingerprint density at radius 3 is 2.79 bits per heavy atom. The number of hydrogen-bond donors (Lipinski definition) is 0. The average Bonchev–Trinajstić information content (AvgIpc) is 3.10. The molecule has 0 amide bonds. The quantitative estimate of drug-likeness (QED) is 0.793. The van der Waals surface area contributed by atoms with Crippen molar-refractivity contribution in [2.75, 3.05) is 33.2 Å². The molecule has 0 N–H and O–H groups in total. The molecule has 0 spiro atoms. The van der Waals surface area contributed by atoms with Gasteiger partial charge in [0.25, 0.3) is 0 Å². The molecule has 1 aromatic carbocycles. The van der Waals surface area contributed by atoms with Gasteiger partial charge in [0.15, 0.2) is 0 Å². The van der Waals surface area contributed by atoms with Gasteiger partial charge in [0.2, 0.25) is 0 Å². The van der Waals surface area contributed by atoms with E-state index in [-0.39, 0.29) is 0 Å². The summed E-state index contributed by atoms with van der Waals surface area (Å²) in [7, 11) is 4.17. The van der Waals surface area contributed by atoms with Crippen LogP contribution in [0.1, 0.15) is 18.1 Å². The van der Waals surface area contributed by atoms with Crippen LogP contribution in [0, 0.1) is 6.92 Å². The summed E-state index contributed by atoms with van der Waals surface area (Å²) in [6.07, 6.45) is 10.9. The Morgan fingerprint density at radius 2 is 1.97 bits per heavy atom. The van der Waals surface area contributed by atoms with Gasteiger partial charge in [-0.15, -0.1) is 0 Å². The van der Waals surface area contributed by atoms with Crippen LogP contribution >= 0.6 is 0 Å². The second-order valence-electron chi connectivity index (χ2n) is 8.41. The number of fused-ring (bicyclic) bond motifs is 2. The van der Waals surface area contributed by atoms with Crippen molar-refractivity contribution in [3.8, 4) is 0 Å². The van der Waals surface area contributed by atoms with E-state index in [1.54, 1.807) is 0 Å². The summed E-state index contributed by atoms with van der Waals surface area (Å²) in [5.41, 5.74) is 5.74. The van der Waals surface area contributed by atoms with Crippen LogP contribution in [0.4, 0.5) is 0 Å². The van der Waals surface area contributed by atoms with E-state index in [0.717, 1.165) is 54.2 Å². The van der Waals surface area contributed by atoms with E-state index in [2.05, 4.69) is 83.5 Å². The highest BCUT2D eigenvalue weighted by Crippen LogP contribution is 2.28. The van der Waals surface area contributed by atoms with Gasteiger partial charge in [-0.3, -0.25) is 4.68 Å². The molecule has 5 rings (SSSR count). The standard InChI is InChI=1S/C23H28N6/c1-16-11-18(12-19-14-27(4)25-23(16)19)21-7-8-29-15-20(5-6-22(29)24-21)28-10-9-26(3)17(2)13-28/h5-7,11-12,14-15,17H,8-10,13H2,1-4H3/t17-/m0/s1. The first-order valence-corrected chi connectivity index (χ1v) is 10.3. The smallest absolute Gasteiger partial charge is 0.133 e. The lowest BCUT2D eigenvalue weighted by molar-refractivity contribution is 0.132. The van der Waals surface area contributed by atoms with E-state index in [1.165, 1.54) is 11.3 Å². The molecule has 3 aliphatic heterocycles. The molecule has 6 heteroatoms. The fourth-order valence-electron chi connectivity index (χ4n) is 4.36. The van der Waals surface area contributed by atoms with Crippen molar-refractivity contribution in [3.05, 3.63) is 59.6 Å². The minimum atomic E-state index is 0.576. The number of rotatable bonds is 2. The van der Waals surface area contributed by atoms with Gasteiger partial charge >= 0.3 is 0 Å². The normalized spacial score (nSPS) is 22.5. The summed E-state index contributed by atoms with van der Waals surface area (Å²) in [5, 5.41) is 5.72. The SMILES string of the molecule is Cc1cc(C2=CCN3C=C(N4CCN(C)[C@@H](C)C4)C=CC3=N2)cc2cn(C)nc12. The highest BCUT2D eigenvalue weighted by molar-refractivity contribution is 6.00. The lowest BCUT2D eigenvalue weighted by atomic mass is 10.0. The third-order valence-corrected chi connectivity index (χ3v) is 6.24. The third kappa shape index (κ3) is 3.27. The first-order chi connectivity index (χ1) is 14.0. The van der Waals surface area contributed by atoms with Crippen molar-refractivity contribution in [3.63, 3.8) is 0 Å². The van der Waals surface area contributed by atoms with Crippen molar-refractivity contribution in [1.29, 1.82) is 0 Å². The molecule has 1 atom stereocenters. The molecule has 29 heavy (non-hydrogen) atoms. The maximum Gasteiger partial charge on any atom is 0.133 e. The van der Waals surface area contributed by atoms with Gasteiger partial charge in [0.1, 0.15) is 5.84 Å². The van der Waals surface area contributed by atoms with Crippen LogP contribution in [0.2, 0.25) is 0 Å². The minimum Gasteiger partial charge on any atom is -0.368 e. The summed E-state index contributed by atoms with van der Waals surface area (Å²) in [4.78, 5) is 12.1. The maximum absolute atomic E-state index is 4.95. The fraction of sp³-hybridized carbons (Fsp3) is 0.391. The number of allylic oxidation sites excluding steroid dienone is 1. The average molecular weight is 389 g/mol. The van der Waals surface area contributed by atoms with Crippen LogP contribution in [0.25, 0.3) is 16.6 Å². The Hall–Kier alpha value is -2.86. The van der Waals surface area contributed by atoms with Crippen LogP contribution in [0.15, 0.2) is 53.4 Å². The summed E-state index contributed by atoms with van der Waals surface area (Å²) >= 11 is 0. The molecule has 0 radical (unpaired) electrons. The summed E-state index contributed by atoms with van der Waals surface area (Å²) < 4.78 is 1.87. The molecule has 6 nitrogen and oxygen atoms in total. The van der Waals surface area contributed by atoms with E-state index in [1.807, 2.05) is 11.7 Å². The molecule has 0 saturated carbocycles. The first-order valence-electron chi connectivity index (χ1n) is 10.3. The van der Waals surface area contributed by atoms with Gasteiger partial charge < -0.3 is 14.7 Å². The number of aliphatic imine (C=N–C) groups is 1. The molecule has 1 saturated heterocycles. The molecule has 0 bridgehead atoms. The predicted octanol–water partition coefficient (Wildman–Crippen LogP) is 2.98. The highest BCUT2D eigenvalue weighted by atomic mass is 15.3. The van der Waals surface area contributed by atoms with E-state index in [0.29, 0.717) is 6.04 Å². The largest absolute Gasteiger partial charge is 0.368 e. The zero-order chi connectivity index (χ0) is 20.1. The number of aryl methyl sites for hydroxylation is 2. The molecule has 0 unspecified atom stereocenters. The second-order valence-corrected chi connectivity index (χ2v) is 8.41. The van der Waals surface area contributed by atoms with Gasteiger partial charge in [-0.05, 0) is 56.8 Å². The first kappa shape index (κ1) is 18.2. The topological polar surface area (TPSA) is 39.9 Å². The maximum atomic E-state index is 4.95. The Kier molecular flexibility index (Phi) is 4.32. The number of aromatic nitrogens is 2. The van der Waals surface area contributed by atoms with E-state index in [9.17, 15) is 0 Å². The molecule has 1 fully saturated rings. The van der Waals surface area contributed by atoms with E-state index >= 15 is 0 Å². The third-order valence-electron chi connectivity index (χ3n) is 6.24. The van der Waals surface area contributed by atoms with Crippen molar-refractivity contribution >= 4 is 22.4 Å². The zero-order valence-corrected chi connectivity index (χ0v) is 17.6. The molecule has 3 aliphatic rings. The molecule has 1 aromatic heterocycles. The Morgan fingerprint density at radius 1 is 1.10 bits per heavy atom. The Balaban J connectivity index is 1.39. The number of benzene rings is 1. The monoisotopic (exact) mass is 388 g/mol. The Labute approximate surface area is 172 Å². The zero-order valence-electron chi connectivity index (χ0n) is 17.6. The van der Waals surface area contributed by atoms with Gasteiger partial charge in [0, 0.05) is 62.6 Å². The van der Waals surface area contributed by atoms with Gasteiger partial charge in [0.05, 0.1) is 16.9 Å². The van der Waals surface area contributed by atoms with Gasteiger partial charge in [-0.2, -0.15) is 5.10 Å². The minimum absolute atomic E-state index is 0.576. The summed E-state index contributed by atoms with van der Waals surface area (Å²) in [6.45, 7) is 8.50. The number of piperazine rings is 1. The van der Waals surface area contributed by atoms with Crippen LogP contribution in [-0.4, -0.2) is 69.6 Å². The van der Waals surface area contributed by atoms with Crippen molar-refractivity contribution < 1.29 is 0 Å². The van der Waals surface area contributed by atoms with E-state index < -0.39 is 0 Å². The molecule has 2 aromatic rings. The molecule has 150 valence electrons. The van der Waals surface area contributed by atoms with Crippen molar-refractivity contribution in [2.24, 2.45) is 12.0 Å². The van der Waals surface area contributed by atoms with E-state index in [4.69, 9.17) is 4.99 Å². The van der Waals surface area contributed by atoms with Crippen molar-refractivity contribution in [2.45, 2.75) is 19.9 Å². The number of amidine groups is 1. The molecule has 4 heterocycles. The summed E-state index contributed by atoms with van der Waals surface area (Å²) in [6, 6.07) is 4.97. The van der Waals surface area contributed by atoms with Crippen LogP contribution in [0.5, 0.6) is 0 Å². The molecular formula is C23H28N6. The van der Waals surface area contributed by atoms with Gasteiger partial charge in [-0.1, -0.05) is 0 Å². The number of nitrogens with zero attached hydrogens (tertiary/aromatic N) is 6. The van der Waals surface area contributed by atoms with Crippen LogP contribution in [-0.2, 0) is 7.05 Å². The lowest BCUT2D eigenvalue weighted by Gasteiger charge is -2.41. The fourth-order valence-corrected chi connectivity index (χ4v) is 4.36. The van der Waals surface area contributed by atoms with Crippen LogP contribution in [0.3, 0.4) is 0 Å². The Bertz CT molecular complexity index is 1090. The van der Waals surface area contributed by atoms with Crippen LogP contribution < -0.4 is 0 Å².